The summed E-state index contributed by atoms with van der Waals surface area (Å²) in [6.07, 6.45) is 5.81. The highest BCUT2D eigenvalue weighted by Gasteiger charge is 2.37. The maximum Gasteiger partial charge on any atom is 0.119 e. The van der Waals surface area contributed by atoms with E-state index in [1.54, 1.807) is 7.11 Å². The summed E-state index contributed by atoms with van der Waals surface area (Å²) in [5, 5.41) is 3.74. The number of methoxy groups -OCH3 is 1. The fourth-order valence-corrected chi connectivity index (χ4v) is 3.69. The fraction of sp³-hybridized carbons (Fsp3) is 0.263. The second-order valence-electron chi connectivity index (χ2n) is 5.84. The summed E-state index contributed by atoms with van der Waals surface area (Å²) in [5.41, 5.74) is 3.97. The number of hydrogen-bond acceptors (Lipinski definition) is 2. The Morgan fingerprint density at radius 1 is 1.10 bits per heavy atom. The summed E-state index contributed by atoms with van der Waals surface area (Å²) in [6.45, 7) is 0. The van der Waals surface area contributed by atoms with Gasteiger partial charge in [-0.2, -0.15) is 0 Å². The standard InChI is InChI=1S/C19H19NO/c1-21-14-10-11-18-17(12-14)15-8-5-9-16(15)19(20-18)13-6-3-2-4-7-13/h2-8,10-12,15-16,19-20H,9H2,1H3/t15-,16-,19+/m1/s1. The monoisotopic (exact) mass is 277 g/mol. The van der Waals surface area contributed by atoms with E-state index in [1.807, 2.05) is 6.07 Å². The molecule has 0 radical (unpaired) electrons. The molecule has 0 saturated carbocycles. The Bertz CT molecular complexity index is 677. The minimum atomic E-state index is 0.382. The van der Waals surface area contributed by atoms with E-state index in [4.69, 9.17) is 4.74 Å². The number of nitrogens with one attached hydrogen (secondary N) is 1. The van der Waals surface area contributed by atoms with Crippen LogP contribution in [0.25, 0.3) is 0 Å². The van der Waals surface area contributed by atoms with Crippen molar-refractivity contribution in [2.24, 2.45) is 5.92 Å². The quantitative estimate of drug-likeness (QED) is 0.815. The van der Waals surface area contributed by atoms with E-state index in [2.05, 4.69) is 59.9 Å². The smallest absolute Gasteiger partial charge is 0.119 e. The average Bonchev–Trinajstić information content (AvgIpc) is 3.04. The van der Waals surface area contributed by atoms with Crippen molar-refractivity contribution in [3.63, 3.8) is 0 Å². The number of fused-ring (bicyclic) bond motifs is 3. The summed E-state index contributed by atoms with van der Waals surface area (Å²) in [6, 6.07) is 17.5. The second-order valence-corrected chi connectivity index (χ2v) is 5.84. The lowest BCUT2D eigenvalue weighted by Gasteiger charge is -2.37. The lowest BCUT2D eigenvalue weighted by atomic mass is 9.77. The molecule has 0 spiro atoms. The van der Waals surface area contributed by atoms with Gasteiger partial charge in [0, 0.05) is 11.6 Å². The molecule has 0 fully saturated rings. The zero-order chi connectivity index (χ0) is 14.2. The Morgan fingerprint density at radius 3 is 2.76 bits per heavy atom. The van der Waals surface area contributed by atoms with Crippen molar-refractivity contribution in [1.29, 1.82) is 0 Å². The summed E-state index contributed by atoms with van der Waals surface area (Å²) < 4.78 is 5.39. The van der Waals surface area contributed by atoms with E-state index in [0.29, 0.717) is 17.9 Å². The average molecular weight is 277 g/mol. The van der Waals surface area contributed by atoms with Gasteiger partial charge in [0.25, 0.3) is 0 Å². The third-order valence-electron chi connectivity index (χ3n) is 4.73. The van der Waals surface area contributed by atoms with Crippen molar-refractivity contribution in [3.05, 3.63) is 71.8 Å². The molecule has 0 amide bonds. The first-order valence-electron chi connectivity index (χ1n) is 7.53. The fourth-order valence-electron chi connectivity index (χ4n) is 3.69. The van der Waals surface area contributed by atoms with Crippen LogP contribution in [0.5, 0.6) is 5.75 Å². The van der Waals surface area contributed by atoms with Gasteiger partial charge in [-0.3, -0.25) is 0 Å². The number of allylic oxidation sites excluding steroid dienone is 2. The zero-order valence-corrected chi connectivity index (χ0v) is 12.1. The number of benzene rings is 2. The summed E-state index contributed by atoms with van der Waals surface area (Å²) >= 11 is 0. The molecule has 1 N–H and O–H groups in total. The van der Waals surface area contributed by atoms with E-state index < -0.39 is 0 Å². The van der Waals surface area contributed by atoms with Crippen LogP contribution in [0.3, 0.4) is 0 Å². The highest BCUT2D eigenvalue weighted by atomic mass is 16.5. The Hall–Kier alpha value is -2.22. The minimum absolute atomic E-state index is 0.382. The molecule has 3 atom stereocenters. The van der Waals surface area contributed by atoms with Gasteiger partial charge in [-0.1, -0.05) is 42.5 Å². The third-order valence-corrected chi connectivity index (χ3v) is 4.73. The van der Waals surface area contributed by atoms with Crippen molar-refractivity contribution in [2.75, 3.05) is 12.4 Å². The Morgan fingerprint density at radius 2 is 1.95 bits per heavy atom. The van der Waals surface area contributed by atoms with Gasteiger partial charge in [0.05, 0.1) is 13.2 Å². The van der Waals surface area contributed by atoms with Crippen LogP contribution in [0.15, 0.2) is 60.7 Å². The number of ether oxygens (including phenoxy) is 1. The van der Waals surface area contributed by atoms with Crippen LogP contribution >= 0.6 is 0 Å². The van der Waals surface area contributed by atoms with Crippen LogP contribution < -0.4 is 10.1 Å². The Balaban J connectivity index is 1.78. The number of anilines is 1. The predicted octanol–water partition coefficient (Wildman–Crippen LogP) is 4.52. The van der Waals surface area contributed by atoms with Crippen LogP contribution in [0.1, 0.15) is 29.5 Å². The van der Waals surface area contributed by atoms with Gasteiger partial charge in [0.2, 0.25) is 0 Å². The molecule has 21 heavy (non-hydrogen) atoms. The molecule has 2 aromatic carbocycles. The Labute approximate surface area is 125 Å². The van der Waals surface area contributed by atoms with Gasteiger partial charge in [0.1, 0.15) is 5.75 Å². The van der Waals surface area contributed by atoms with Crippen LogP contribution in [0, 0.1) is 5.92 Å². The van der Waals surface area contributed by atoms with E-state index in [1.165, 1.54) is 16.8 Å². The molecule has 4 rings (SSSR count). The zero-order valence-electron chi connectivity index (χ0n) is 12.1. The van der Waals surface area contributed by atoms with Crippen LogP contribution in [-0.4, -0.2) is 7.11 Å². The van der Waals surface area contributed by atoms with Gasteiger partial charge in [-0.05, 0) is 41.7 Å². The molecule has 0 aromatic heterocycles. The van der Waals surface area contributed by atoms with Crippen LogP contribution in [0.2, 0.25) is 0 Å². The third kappa shape index (κ3) is 2.02. The largest absolute Gasteiger partial charge is 0.497 e. The first kappa shape index (κ1) is 12.5. The van der Waals surface area contributed by atoms with Crippen molar-refractivity contribution in [1.82, 2.24) is 0 Å². The molecular formula is C19H19NO. The molecule has 2 aliphatic rings. The topological polar surface area (TPSA) is 21.3 Å². The van der Waals surface area contributed by atoms with Gasteiger partial charge >= 0.3 is 0 Å². The molecule has 2 nitrogen and oxygen atoms in total. The van der Waals surface area contributed by atoms with E-state index in [0.717, 1.165) is 12.2 Å². The molecule has 1 aliphatic heterocycles. The first-order valence-corrected chi connectivity index (χ1v) is 7.53. The highest BCUT2D eigenvalue weighted by molar-refractivity contribution is 5.61. The van der Waals surface area contributed by atoms with Gasteiger partial charge in [-0.25, -0.2) is 0 Å². The van der Waals surface area contributed by atoms with Gasteiger partial charge in [-0.15, -0.1) is 0 Å². The number of hydrogen-bond donors (Lipinski definition) is 1. The van der Waals surface area contributed by atoms with E-state index in [-0.39, 0.29) is 0 Å². The van der Waals surface area contributed by atoms with E-state index in [9.17, 15) is 0 Å². The van der Waals surface area contributed by atoms with E-state index >= 15 is 0 Å². The molecule has 0 saturated heterocycles. The molecule has 1 heterocycles. The summed E-state index contributed by atoms with van der Waals surface area (Å²) in [7, 11) is 1.73. The lowest BCUT2D eigenvalue weighted by Crippen LogP contribution is -2.28. The van der Waals surface area contributed by atoms with Crippen molar-refractivity contribution in [2.45, 2.75) is 18.4 Å². The minimum Gasteiger partial charge on any atom is -0.497 e. The summed E-state index contributed by atoms with van der Waals surface area (Å²) in [4.78, 5) is 0. The van der Waals surface area contributed by atoms with Crippen LogP contribution in [-0.2, 0) is 0 Å². The van der Waals surface area contributed by atoms with Gasteiger partial charge < -0.3 is 10.1 Å². The molecule has 0 unspecified atom stereocenters. The molecule has 2 aromatic rings. The lowest BCUT2D eigenvalue weighted by molar-refractivity contribution is 0.405. The Kier molecular flexibility index (Phi) is 2.95. The van der Waals surface area contributed by atoms with Crippen molar-refractivity contribution < 1.29 is 4.74 Å². The SMILES string of the molecule is COc1ccc2c(c1)[C@@H]1C=CC[C@H]1[C@H](c1ccccc1)N2. The molecule has 2 heteroatoms. The first-order chi connectivity index (χ1) is 10.4. The van der Waals surface area contributed by atoms with Gasteiger partial charge in [0.15, 0.2) is 0 Å². The van der Waals surface area contributed by atoms with Crippen LogP contribution in [0.4, 0.5) is 5.69 Å². The summed E-state index contributed by atoms with van der Waals surface area (Å²) in [5.74, 6) is 2.02. The molecule has 1 aliphatic carbocycles. The second kappa shape index (κ2) is 4.96. The van der Waals surface area contributed by atoms with Crippen molar-refractivity contribution in [3.8, 4) is 5.75 Å². The molecule has 106 valence electrons. The molecular weight excluding hydrogens is 258 g/mol. The predicted molar refractivity (Wildman–Crippen MR) is 85.8 cm³/mol. The maximum absolute atomic E-state index is 5.39. The number of rotatable bonds is 2. The molecule has 0 bridgehead atoms. The highest BCUT2D eigenvalue weighted by Crippen LogP contribution is 2.50. The van der Waals surface area contributed by atoms with Crippen molar-refractivity contribution >= 4 is 5.69 Å². The normalized spacial score (nSPS) is 25.9. The maximum atomic E-state index is 5.39.